The monoisotopic (exact) mass is 190 g/mol. The maximum Gasteiger partial charge on any atom is 0.214 e. The number of aryl methyl sites for hydroxylation is 1. The van der Waals surface area contributed by atoms with E-state index in [0.29, 0.717) is 4.70 Å². The van der Waals surface area contributed by atoms with Gasteiger partial charge in [0.15, 0.2) is 5.82 Å². The molecule has 0 aliphatic carbocycles. The predicted molar refractivity (Wildman–Crippen MR) is 44.4 cm³/mol. The van der Waals surface area contributed by atoms with Gasteiger partial charge in [0.25, 0.3) is 0 Å². The molecule has 2 rings (SSSR count). The van der Waals surface area contributed by atoms with Crippen LogP contribution in [-0.2, 0) is 0 Å². The second-order valence-corrected chi connectivity index (χ2v) is 4.12. The molecular weight excluding hydrogens is 186 g/mol. The molecule has 2 heterocycles. The minimum atomic E-state index is -0.699. The molecule has 2 aromatic rings. The van der Waals surface area contributed by atoms with Gasteiger partial charge in [-0.3, -0.25) is 0 Å². The van der Waals surface area contributed by atoms with Crippen molar-refractivity contribution in [3.05, 3.63) is 21.9 Å². The van der Waals surface area contributed by atoms with Crippen LogP contribution in [0, 0.1) is 17.9 Å². The van der Waals surface area contributed by atoms with Gasteiger partial charge in [0, 0.05) is 0 Å². The van der Waals surface area contributed by atoms with Crippen LogP contribution in [0.1, 0.15) is 5.56 Å². The van der Waals surface area contributed by atoms with Crippen molar-refractivity contribution in [3.63, 3.8) is 0 Å². The Morgan fingerprint density at radius 1 is 1.27 bits per heavy atom. The Bertz CT molecular complexity index is 400. The summed E-state index contributed by atoms with van der Waals surface area (Å²) in [5.74, 6) is -0.692. The van der Waals surface area contributed by atoms with Crippen LogP contribution in [0.15, 0.2) is 5.38 Å². The molecule has 0 nitrogen and oxygen atoms in total. The van der Waals surface area contributed by atoms with Gasteiger partial charge in [-0.15, -0.1) is 22.7 Å². The van der Waals surface area contributed by atoms with E-state index in [1.54, 1.807) is 0 Å². The molecule has 0 N–H and O–H groups in total. The summed E-state index contributed by atoms with van der Waals surface area (Å²) in [5.41, 5.74) is 0.956. The summed E-state index contributed by atoms with van der Waals surface area (Å²) >= 11 is 2.14. The first-order valence-electron chi connectivity index (χ1n) is 3.01. The van der Waals surface area contributed by atoms with Crippen molar-refractivity contribution in [2.75, 3.05) is 0 Å². The van der Waals surface area contributed by atoms with E-state index in [1.807, 2.05) is 12.3 Å². The standard InChI is InChI=1S/C7H4F2S2/c1-3-2-10-6-4(8)7(9)11-5(3)6/h2H,1H3. The minimum absolute atomic E-state index is 0.449. The zero-order valence-electron chi connectivity index (χ0n) is 5.65. The van der Waals surface area contributed by atoms with Gasteiger partial charge in [0.2, 0.25) is 5.13 Å². The number of hydrogen-bond donors (Lipinski definition) is 0. The quantitative estimate of drug-likeness (QED) is 0.596. The third kappa shape index (κ3) is 0.895. The Morgan fingerprint density at radius 3 is 2.64 bits per heavy atom. The average Bonchev–Trinajstić information content (AvgIpc) is 2.43. The van der Waals surface area contributed by atoms with E-state index in [9.17, 15) is 8.78 Å². The molecule has 0 amide bonds. The molecule has 11 heavy (non-hydrogen) atoms. The highest BCUT2D eigenvalue weighted by Crippen LogP contribution is 2.35. The Hall–Kier alpha value is -0.480. The molecule has 0 saturated carbocycles. The van der Waals surface area contributed by atoms with Gasteiger partial charge < -0.3 is 0 Å². The van der Waals surface area contributed by atoms with E-state index < -0.39 is 10.9 Å². The van der Waals surface area contributed by atoms with Gasteiger partial charge >= 0.3 is 0 Å². The topological polar surface area (TPSA) is 0 Å². The number of fused-ring (bicyclic) bond motifs is 1. The molecule has 0 aliphatic heterocycles. The highest BCUT2D eigenvalue weighted by molar-refractivity contribution is 7.26. The molecular formula is C7H4F2S2. The molecule has 4 heteroatoms. The Balaban J connectivity index is 2.93. The lowest BCUT2D eigenvalue weighted by Crippen LogP contribution is -1.66. The van der Waals surface area contributed by atoms with Gasteiger partial charge in [-0.1, -0.05) is 0 Å². The van der Waals surface area contributed by atoms with E-state index in [-0.39, 0.29) is 0 Å². The maximum atomic E-state index is 12.8. The zero-order valence-corrected chi connectivity index (χ0v) is 7.28. The summed E-state index contributed by atoms with van der Waals surface area (Å²) in [7, 11) is 0. The highest BCUT2D eigenvalue weighted by Gasteiger charge is 2.14. The summed E-state index contributed by atoms with van der Waals surface area (Å²) < 4.78 is 26.6. The summed E-state index contributed by atoms with van der Waals surface area (Å²) in [6.45, 7) is 1.86. The van der Waals surface area contributed by atoms with E-state index in [0.717, 1.165) is 21.6 Å². The lowest BCUT2D eigenvalue weighted by Gasteiger charge is -1.76. The van der Waals surface area contributed by atoms with Crippen molar-refractivity contribution < 1.29 is 8.78 Å². The van der Waals surface area contributed by atoms with Crippen LogP contribution >= 0.6 is 22.7 Å². The Labute approximate surface area is 70.1 Å². The first kappa shape index (κ1) is 7.18. The van der Waals surface area contributed by atoms with Gasteiger partial charge in [-0.05, 0) is 17.9 Å². The molecule has 0 spiro atoms. The fourth-order valence-electron chi connectivity index (χ4n) is 0.935. The number of hydrogen-bond acceptors (Lipinski definition) is 2. The van der Waals surface area contributed by atoms with Gasteiger partial charge in [0.05, 0.1) is 9.40 Å². The third-order valence-electron chi connectivity index (χ3n) is 1.48. The molecule has 0 fully saturated rings. The van der Waals surface area contributed by atoms with Crippen LogP contribution in [0.5, 0.6) is 0 Å². The van der Waals surface area contributed by atoms with Crippen LogP contribution < -0.4 is 0 Å². The summed E-state index contributed by atoms with van der Waals surface area (Å²) in [6.07, 6.45) is 0. The maximum absolute atomic E-state index is 12.8. The molecule has 58 valence electrons. The lowest BCUT2D eigenvalue weighted by atomic mass is 10.4. The van der Waals surface area contributed by atoms with Crippen LogP contribution in [0.4, 0.5) is 8.78 Å². The first-order chi connectivity index (χ1) is 5.20. The zero-order chi connectivity index (χ0) is 8.01. The van der Waals surface area contributed by atoms with E-state index in [2.05, 4.69) is 0 Å². The van der Waals surface area contributed by atoms with Crippen molar-refractivity contribution in [1.82, 2.24) is 0 Å². The average molecular weight is 190 g/mol. The SMILES string of the molecule is Cc1csc2c(F)c(F)sc12. The highest BCUT2D eigenvalue weighted by atomic mass is 32.1. The van der Waals surface area contributed by atoms with Crippen LogP contribution in [0.2, 0.25) is 0 Å². The van der Waals surface area contributed by atoms with Crippen molar-refractivity contribution >= 4 is 32.1 Å². The second-order valence-electron chi connectivity index (χ2n) is 2.27. The Kier molecular flexibility index (Phi) is 1.47. The lowest BCUT2D eigenvalue weighted by molar-refractivity contribution is 0.539. The molecule has 0 bridgehead atoms. The normalized spacial score (nSPS) is 11.2. The summed E-state index contributed by atoms with van der Waals surface area (Å²) in [5, 5.41) is 1.14. The van der Waals surface area contributed by atoms with E-state index in [1.165, 1.54) is 11.3 Å². The largest absolute Gasteiger partial charge is 0.214 e. The van der Waals surface area contributed by atoms with Crippen LogP contribution in [0.25, 0.3) is 9.40 Å². The molecule has 0 radical (unpaired) electrons. The summed E-state index contributed by atoms with van der Waals surface area (Å²) in [4.78, 5) is 0. The van der Waals surface area contributed by atoms with Crippen LogP contribution in [-0.4, -0.2) is 0 Å². The predicted octanol–water partition coefficient (Wildman–Crippen LogP) is 3.55. The fraction of sp³-hybridized carbons (Fsp3) is 0.143. The molecule has 0 aliphatic rings. The fourth-order valence-corrected chi connectivity index (χ4v) is 2.99. The van der Waals surface area contributed by atoms with Crippen molar-refractivity contribution in [2.45, 2.75) is 6.92 Å². The van der Waals surface area contributed by atoms with Gasteiger partial charge in [-0.2, -0.15) is 4.39 Å². The Morgan fingerprint density at radius 2 is 2.00 bits per heavy atom. The van der Waals surface area contributed by atoms with Crippen molar-refractivity contribution in [3.8, 4) is 0 Å². The second kappa shape index (κ2) is 2.25. The minimum Gasteiger partial charge on any atom is -0.201 e. The summed E-state index contributed by atoms with van der Waals surface area (Å²) in [6, 6.07) is 0. The number of halogens is 2. The van der Waals surface area contributed by atoms with E-state index in [4.69, 9.17) is 0 Å². The molecule has 0 atom stereocenters. The first-order valence-corrected chi connectivity index (χ1v) is 4.71. The van der Waals surface area contributed by atoms with Crippen LogP contribution in [0.3, 0.4) is 0 Å². The van der Waals surface area contributed by atoms with Crippen molar-refractivity contribution in [2.24, 2.45) is 0 Å². The van der Waals surface area contributed by atoms with E-state index >= 15 is 0 Å². The molecule has 0 unspecified atom stereocenters. The molecule has 2 aromatic heterocycles. The number of thiophene rings is 2. The van der Waals surface area contributed by atoms with Gasteiger partial charge in [-0.25, -0.2) is 4.39 Å². The molecule has 0 saturated heterocycles. The number of rotatable bonds is 0. The molecule has 0 aromatic carbocycles. The van der Waals surface area contributed by atoms with Gasteiger partial charge in [0.1, 0.15) is 0 Å². The van der Waals surface area contributed by atoms with Crippen molar-refractivity contribution in [1.29, 1.82) is 0 Å². The smallest absolute Gasteiger partial charge is 0.201 e. The third-order valence-corrected chi connectivity index (χ3v) is 3.79.